The van der Waals surface area contributed by atoms with Crippen LogP contribution in [0.25, 0.3) is 6.08 Å². The van der Waals surface area contributed by atoms with E-state index in [9.17, 15) is 22.8 Å². The van der Waals surface area contributed by atoms with Crippen molar-refractivity contribution in [3.05, 3.63) is 60.4 Å². The van der Waals surface area contributed by atoms with E-state index in [2.05, 4.69) is 0 Å². The van der Waals surface area contributed by atoms with Crippen LogP contribution in [0.15, 0.2) is 30.0 Å². The zero-order chi connectivity index (χ0) is 21.4. The van der Waals surface area contributed by atoms with Crippen molar-refractivity contribution >= 4 is 18.0 Å². The number of hydrogen-bond acceptors (Lipinski definition) is 6. The molecule has 0 bridgehead atoms. The van der Waals surface area contributed by atoms with Gasteiger partial charge in [0.05, 0.1) is 18.3 Å². The zero-order valence-electron chi connectivity index (χ0n) is 15.8. The first-order valence-corrected chi connectivity index (χ1v) is 8.72. The molecule has 1 aliphatic heterocycles. The summed E-state index contributed by atoms with van der Waals surface area (Å²) in [7, 11) is 0. The van der Waals surface area contributed by atoms with Gasteiger partial charge in [-0.05, 0) is 43.5 Å². The maximum atomic E-state index is 12.9. The number of halogens is 3. The van der Waals surface area contributed by atoms with Crippen LogP contribution >= 0.6 is 0 Å². The first-order valence-electron chi connectivity index (χ1n) is 8.72. The molecule has 29 heavy (non-hydrogen) atoms. The van der Waals surface area contributed by atoms with Gasteiger partial charge < -0.3 is 18.9 Å². The lowest BCUT2D eigenvalue weighted by Gasteiger charge is -2.29. The lowest BCUT2D eigenvalue weighted by molar-refractivity contribution is -0.167. The van der Waals surface area contributed by atoms with E-state index < -0.39 is 36.1 Å². The van der Waals surface area contributed by atoms with Gasteiger partial charge in [0.25, 0.3) is 0 Å². The third-order valence-electron chi connectivity index (χ3n) is 3.59. The summed E-state index contributed by atoms with van der Waals surface area (Å²) in [5.74, 6) is -1.66. The van der Waals surface area contributed by atoms with Gasteiger partial charge in [0.15, 0.2) is 0 Å². The first kappa shape index (κ1) is 22.7. The zero-order valence-corrected chi connectivity index (χ0v) is 15.8. The molecule has 2 rings (SSSR count). The molecule has 0 aromatic heterocycles. The van der Waals surface area contributed by atoms with Crippen molar-refractivity contribution in [3.8, 4) is 0 Å². The molecule has 1 saturated heterocycles. The Balaban J connectivity index is 2.17. The maximum Gasteiger partial charge on any atom is 0.416 e. The van der Waals surface area contributed by atoms with Crippen molar-refractivity contribution in [2.45, 2.75) is 32.4 Å². The molecule has 0 aliphatic carbocycles. The minimum absolute atomic E-state index is 0.0480. The van der Waals surface area contributed by atoms with Crippen LogP contribution < -0.4 is 0 Å². The highest BCUT2D eigenvalue weighted by molar-refractivity contribution is 5.91. The lowest BCUT2D eigenvalue weighted by Crippen LogP contribution is -2.35. The van der Waals surface area contributed by atoms with Crippen LogP contribution in [0.5, 0.6) is 0 Å². The van der Waals surface area contributed by atoms with Gasteiger partial charge >= 0.3 is 18.1 Å². The van der Waals surface area contributed by atoms with Crippen LogP contribution in [0.3, 0.4) is 0 Å². The Kier molecular flexibility index (Phi) is 8.07. The average molecular weight is 413 g/mol. The summed E-state index contributed by atoms with van der Waals surface area (Å²) in [5.41, 5.74) is -0.759. The Morgan fingerprint density at radius 3 is 2.62 bits per heavy atom. The summed E-state index contributed by atoms with van der Waals surface area (Å²) >= 11 is 0. The molecule has 0 spiro atoms. The molecule has 9 heteroatoms. The third kappa shape index (κ3) is 7.41. The van der Waals surface area contributed by atoms with Crippen LogP contribution in [0.1, 0.15) is 25.0 Å². The lowest BCUT2D eigenvalue weighted by atomic mass is 10.1. The molecular formula is C20H20F3O6. The highest BCUT2D eigenvalue weighted by Gasteiger charge is 2.31. The van der Waals surface area contributed by atoms with Crippen molar-refractivity contribution in [1.29, 1.82) is 0 Å². The second-order valence-electron chi connectivity index (χ2n) is 5.89. The predicted molar refractivity (Wildman–Crippen MR) is 95.3 cm³/mol. The number of carbonyl (C=O) groups is 2. The Morgan fingerprint density at radius 2 is 1.97 bits per heavy atom. The summed E-state index contributed by atoms with van der Waals surface area (Å²) in [6.45, 7) is 2.84. The molecule has 0 saturated carbocycles. The normalized spacial score (nSPS) is 20.1. The fourth-order valence-electron chi connectivity index (χ4n) is 2.33. The molecule has 1 aromatic carbocycles. The molecule has 2 atom stereocenters. The van der Waals surface area contributed by atoms with Crippen molar-refractivity contribution < 1.29 is 41.7 Å². The summed E-state index contributed by atoms with van der Waals surface area (Å²) in [6, 6.07) is 4.42. The van der Waals surface area contributed by atoms with Crippen molar-refractivity contribution in [1.82, 2.24) is 0 Å². The predicted octanol–water partition coefficient (Wildman–Crippen LogP) is 3.53. The maximum absolute atomic E-state index is 12.9. The van der Waals surface area contributed by atoms with Crippen LogP contribution in [0, 0.1) is 19.3 Å². The number of carbonyl (C=O) groups excluding carboxylic acids is 2. The highest BCUT2D eigenvalue weighted by atomic mass is 19.4. The molecule has 0 unspecified atom stereocenters. The number of hydrogen-bond donors (Lipinski definition) is 0. The van der Waals surface area contributed by atoms with Gasteiger partial charge in [0, 0.05) is 13.3 Å². The number of benzene rings is 1. The number of esters is 2. The topological polar surface area (TPSA) is 71.1 Å². The fraction of sp³-hybridized carbons (Fsp3) is 0.350. The van der Waals surface area contributed by atoms with E-state index in [1.807, 2.05) is 0 Å². The minimum Gasteiger partial charge on any atom is -0.463 e. The van der Waals surface area contributed by atoms with Gasteiger partial charge in [-0.25, -0.2) is 4.79 Å². The van der Waals surface area contributed by atoms with Crippen LogP contribution in [-0.2, 0) is 34.7 Å². The van der Waals surface area contributed by atoms with Crippen molar-refractivity contribution in [2.75, 3.05) is 13.2 Å². The van der Waals surface area contributed by atoms with Crippen LogP contribution in [-0.4, -0.2) is 37.5 Å². The molecule has 1 fully saturated rings. The van der Waals surface area contributed by atoms with E-state index in [1.165, 1.54) is 25.5 Å². The Morgan fingerprint density at radius 1 is 1.21 bits per heavy atom. The van der Waals surface area contributed by atoms with E-state index in [4.69, 9.17) is 18.9 Å². The Bertz CT molecular complexity index is 744. The molecule has 1 aliphatic rings. The van der Waals surface area contributed by atoms with Crippen molar-refractivity contribution in [3.63, 3.8) is 0 Å². The van der Waals surface area contributed by atoms with E-state index >= 15 is 0 Å². The molecule has 6 nitrogen and oxygen atoms in total. The van der Waals surface area contributed by atoms with Crippen LogP contribution in [0.2, 0.25) is 0 Å². The monoisotopic (exact) mass is 413 g/mol. The average Bonchev–Trinajstić information content (AvgIpc) is 2.66. The fourth-order valence-corrected chi connectivity index (χ4v) is 2.33. The summed E-state index contributed by atoms with van der Waals surface area (Å²) < 4.78 is 59.6. The number of rotatable bonds is 7. The summed E-state index contributed by atoms with van der Waals surface area (Å²) in [6.07, 6.45) is -0.288. The second-order valence-corrected chi connectivity index (χ2v) is 5.89. The Labute approximate surface area is 166 Å². The van der Waals surface area contributed by atoms with Gasteiger partial charge in [-0.2, -0.15) is 13.2 Å². The molecule has 157 valence electrons. The van der Waals surface area contributed by atoms with E-state index in [0.29, 0.717) is 0 Å². The largest absolute Gasteiger partial charge is 0.463 e. The molecule has 1 heterocycles. The van der Waals surface area contributed by atoms with E-state index in [0.717, 1.165) is 18.2 Å². The van der Waals surface area contributed by atoms with E-state index in [1.54, 1.807) is 19.8 Å². The first-order chi connectivity index (χ1) is 13.7. The number of alkyl halides is 3. The van der Waals surface area contributed by atoms with Gasteiger partial charge in [-0.15, -0.1) is 0 Å². The van der Waals surface area contributed by atoms with Gasteiger partial charge in [-0.1, -0.05) is 12.1 Å². The van der Waals surface area contributed by atoms with Gasteiger partial charge in [0.2, 0.25) is 12.0 Å². The third-order valence-corrected chi connectivity index (χ3v) is 3.59. The van der Waals surface area contributed by atoms with Gasteiger partial charge in [-0.3, -0.25) is 4.79 Å². The van der Waals surface area contributed by atoms with Crippen molar-refractivity contribution in [2.24, 2.45) is 0 Å². The van der Waals surface area contributed by atoms with Gasteiger partial charge in [0.1, 0.15) is 6.61 Å². The standard InChI is InChI=1S/C20H20F3O6/c1-3-26-19(25)17(11-14-6-4-7-15(10-14)20(21,22)23)29-18-9-5-8-16(28-18)12-27-13(2)24/h4-11,16,18H,3,12H2,1-2H3/b17-11-/t16-,18+/m0/s1. The van der Waals surface area contributed by atoms with Crippen LogP contribution in [0.4, 0.5) is 13.2 Å². The highest BCUT2D eigenvalue weighted by Crippen LogP contribution is 2.30. The number of ether oxygens (including phenoxy) is 4. The van der Waals surface area contributed by atoms with E-state index in [-0.39, 0.29) is 24.5 Å². The minimum atomic E-state index is -4.52. The summed E-state index contributed by atoms with van der Waals surface area (Å²) in [4.78, 5) is 23.1. The second kappa shape index (κ2) is 10.3. The summed E-state index contributed by atoms with van der Waals surface area (Å²) in [5, 5.41) is 0. The quantitative estimate of drug-likeness (QED) is 0.387. The molecule has 0 amide bonds. The molecule has 3 radical (unpaired) electrons. The molecule has 0 N–H and O–H groups in total. The Hall–Kier alpha value is -2.55. The SMILES string of the molecule is CCOC(=O)/C(=C/c1cccc(C(F)(F)F)c1)O[C@@H]1[CH][CH][CH][C@@H](COC(C)=O)O1. The smallest absolute Gasteiger partial charge is 0.416 e. The molecular weight excluding hydrogens is 393 g/mol. The molecule has 1 aromatic rings.